The molecule has 0 aromatic carbocycles. The van der Waals surface area contributed by atoms with E-state index in [2.05, 4.69) is 0 Å². The average Bonchev–Trinajstić information content (AvgIpc) is 3.25. The maximum atomic E-state index is 11.9. The number of carbonyl (C=O) groups is 2. The Kier molecular flexibility index (Phi) is 3.22. The van der Waals surface area contributed by atoms with Gasteiger partial charge in [0.2, 0.25) is 12.6 Å². The molecule has 0 spiro atoms. The van der Waals surface area contributed by atoms with Crippen molar-refractivity contribution in [2.45, 2.75) is 38.3 Å². The minimum Gasteiger partial charge on any atom is -0.433 e. The van der Waals surface area contributed by atoms with E-state index < -0.39 is 24.4 Å². The lowest BCUT2D eigenvalue weighted by Crippen LogP contribution is -2.35. The molecule has 1 saturated carbocycles. The van der Waals surface area contributed by atoms with Crippen molar-refractivity contribution in [2.24, 2.45) is 11.8 Å². The normalized spacial score (nSPS) is 37.8. The largest absolute Gasteiger partial charge is 0.433 e. The molecule has 1 aliphatic carbocycles. The van der Waals surface area contributed by atoms with Crippen LogP contribution in [0.2, 0.25) is 0 Å². The summed E-state index contributed by atoms with van der Waals surface area (Å²) in [6.07, 6.45) is 2.43. The Balaban J connectivity index is 1.60. The third kappa shape index (κ3) is 2.81. The number of hydrogen-bond donors (Lipinski definition) is 0. The van der Waals surface area contributed by atoms with Gasteiger partial charge in [0, 0.05) is 0 Å². The van der Waals surface area contributed by atoms with Crippen LogP contribution in [0.4, 0.5) is 0 Å². The highest BCUT2D eigenvalue weighted by Crippen LogP contribution is 2.33. The average molecular weight is 256 g/mol. The molecule has 3 rings (SSSR count). The predicted octanol–water partition coefficient (Wildman–Crippen LogP) is 0.592. The first-order valence-corrected chi connectivity index (χ1v) is 6.38. The fourth-order valence-corrected chi connectivity index (χ4v) is 2.34. The molecule has 0 aromatic rings. The monoisotopic (exact) mass is 256 g/mol. The van der Waals surface area contributed by atoms with Crippen LogP contribution in [-0.4, -0.2) is 37.7 Å². The lowest BCUT2D eigenvalue weighted by Gasteiger charge is -2.27. The van der Waals surface area contributed by atoms with E-state index in [1.807, 2.05) is 0 Å². The lowest BCUT2D eigenvalue weighted by molar-refractivity contribution is -0.168. The van der Waals surface area contributed by atoms with Gasteiger partial charge in [-0.3, -0.25) is 9.59 Å². The fraction of sp³-hybridized carbons (Fsp3) is 0.833. The molecule has 18 heavy (non-hydrogen) atoms. The van der Waals surface area contributed by atoms with Crippen LogP contribution in [0.1, 0.15) is 25.7 Å². The zero-order chi connectivity index (χ0) is 12.5. The van der Waals surface area contributed by atoms with Crippen LogP contribution in [0.15, 0.2) is 0 Å². The van der Waals surface area contributed by atoms with Gasteiger partial charge in [0.1, 0.15) is 13.2 Å². The topological polar surface area (TPSA) is 77.7 Å². The summed E-state index contributed by atoms with van der Waals surface area (Å²) in [4.78, 5) is 23.8. The van der Waals surface area contributed by atoms with Gasteiger partial charge >= 0.3 is 11.9 Å². The molecule has 6 nitrogen and oxygen atoms in total. The fourth-order valence-electron chi connectivity index (χ4n) is 2.34. The highest BCUT2D eigenvalue weighted by molar-refractivity contribution is 5.82. The van der Waals surface area contributed by atoms with E-state index in [0.717, 1.165) is 12.8 Å². The van der Waals surface area contributed by atoms with Crippen LogP contribution < -0.4 is 0 Å². The van der Waals surface area contributed by atoms with Crippen molar-refractivity contribution >= 4 is 11.9 Å². The molecule has 2 aliphatic heterocycles. The summed E-state index contributed by atoms with van der Waals surface area (Å²) in [7, 11) is 0. The van der Waals surface area contributed by atoms with Crippen molar-refractivity contribution in [3.63, 3.8) is 0 Å². The van der Waals surface area contributed by atoms with E-state index in [0.29, 0.717) is 26.1 Å². The smallest absolute Gasteiger partial charge is 0.312 e. The molecule has 0 N–H and O–H groups in total. The van der Waals surface area contributed by atoms with Crippen LogP contribution >= 0.6 is 0 Å². The van der Waals surface area contributed by atoms with Crippen LogP contribution in [0.5, 0.6) is 0 Å². The molecule has 0 amide bonds. The van der Waals surface area contributed by atoms with Gasteiger partial charge < -0.3 is 18.9 Å². The van der Waals surface area contributed by atoms with Crippen molar-refractivity contribution in [1.82, 2.24) is 0 Å². The van der Waals surface area contributed by atoms with Gasteiger partial charge in [0.05, 0.1) is 11.8 Å². The molecule has 4 atom stereocenters. The molecule has 0 aromatic heterocycles. The van der Waals surface area contributed by atoms with Crippen molar-refractivity contribution in [3.8, 4) is 0 Å². The molecular formula is C12H16O6. The first kappa shape index (κ1) is 11.9. The minimum atomic E-state index is -0.400. The van der Waals surface area contributed by atoms with Crippen molar-refractivity contribution in [3.05, 3.63) is 0 Å². The Morgan fingerprint density at radius 1 is 0.833 bits per heavy atom. The van der Waals surface area contributed by atoms with E-state index in [1.165, 1.54) is 0 Å². The van der Waals surface area contributed by atoms with Crippen LogP contribution in [0, 0.1) is 11.8 Å². The van der Waals surface area contributed by atoms with E-state index in [1.54, 1.807) is 0 Å². The predicted molar refractivity (Wildman–Crippen MR) is 57.1 cm³/mol. The number of carbonyl (C=O) groups excluding carboxylic acids is 2. The summed E-state index contributed by atoms with van der Waals surface area (Å²) in [6.45, 7) is 0.924. The molecule has 2 heterocycles. The molecule has 2 saturated heterocycles. The molecular weight excluding hydrogens is 240 g/mol. The maximum Gasteiger partial charge on any atom is 0.312 e. The van der Waals surface area contributed by atoms with Gasteiger partial charge in [0.15, 0.2) is 0 Å². The van der Waals surface area contributed by atoms with E-state index >= 15 is 0 Å². The molecule has 6 heteroatoms. The third-order valence-electron chi connectivity index (χ3n) is 3.47. The number of rotatable bonds is 4. The highest BCUT2D eigenvalue weighted by Gasteiger charge is 2.42. The van der Waals surface area contributed by atoms with Crippen molar-refractivity contribution in [2.75, 3.05) is 13.2 Å². The quantitative estimate of drug-likeness (QED) is 0.541. The summed E-state index contributed by atoms with van der Waals surface area (Å²) in [5.74, 6) is -1.46. The summed E-state index contributed by atoms with van der Waals surface area (Å²) >= 11 is 0. The van der Waals surface area contributed by atoms with E-state index in [4.69, 9.17) is 18.9 Å². The second-order valence-corrected chi connectivity index (χ2v) is 4.90. The minimum absolute atomic E-state index is 0.337. The van der Waals surface area contributed by atoms with Gasteiger partial charge in [-0.2, -0.15) is 0 Å². The number of ether oxygens (including phenoxy) is 4. The molecule has 3 aliphatic rings. The Labute approximate surface area is 105 Å². The van der Waals surface area contributed by atoms with Crippen LogP contribution in [0.3, 0.4) is 0 Å². The molecule has 0 bridgehead atoms. The van der Waals surface area contributed by atoms with E-state index in [9.17, 15) is 9.59 Å². The SMILES string of the molecule is O=C(OC1CO1)C1CCCCC1C(=O)OC1CO1. The first-order chi connectivity index (χ1) is 8.74. The zero-order valence-corrected chi connectivity index (χ0v) is 10.0. The first-order valence-electron chi connectivity index (χ1n) is 6.38. The Morgan fingerprint density at radius 2 is 1.22 bits per heavy atom. The maximum absolute atomic E-state index is 11.9. The lowest BCUT2D eigenvalue weighted by atomic mass is 9.79. The van der Waals surface area contributed by atoms with Crippen molar-refractivity contribution in [1.29, 1.82) is 0 Å². The Morgan fingerprint density at radius 3 is 1.56 bits per heavy atom. The molecule has 100 valence electrons. The number of esters is 2. The van der Waals surface area contributed by atoms with Crippen LogP contribution in [-0.2, 0) is 28.5 Å². The molecule has 0 radical (unpaired) electrons. The molecule has 4 unspecified atom stereocenters. The second-order valence-electron chi connectivity index (χ2n) is 4.90. The summed E-state index contributed by atoms with van der Waals surface area (Å²) < 4.78 is 19.9. The van der Waals surface area contributed by atoms with Gasteiger partial charge in [-0.05, 0) is 12.8 Å². The van der Waals surface area contributed by atoms with Gasteiger partial charge in [0.25, 0.3) is 0 Å². The van der Waals surface area contributed by atoms with Gasteiger partial charge in [-0.15, -0.1) is 0 Å². The van der Waals surface area contributed by atoms with E-state index in [-0.39, 0.29) is 11.9 Å². The summed E-state index contributed by atoms with van der Waals surface area (Å²) in [5.41, 5.74) is 0. The highest BCUT2D eigenvalue weighted by atomic mass is 16.8. The van der Waals surface area contributed by atoms with Crippen molar-refractivity contribution < 1.29 is 28.5 Å². The number of epoxide rings is 2. The van der Waals surface area contributed by atoms with Gasteiger partial charge in [-0.1, -0.05) is 12.8 Å². The zero-order valence-electron chi connectivity index (χ0n) is 10.0. The molecule has 3 fully saturated rings. The summed E-state index contributed by atoms with van der Waals surface area (Å²) in [6, 6.07) is 0. The number of hydrogen-bond acceptors (Lipinski definition) is 6. The second kappa shape index (κ2) is 4.85. The Hall–Kier alpha value is -1.14. The third-order valence-corrected chi connectivity index (χ3v) is 3.47. The Bertz CT molecular complexity index is 312. The van der Waals surface area contributed by atoms with Gasteiger partial charge in [-0.25, -0.2) is 0 Å². The standard InChI is InChI=1S/C12H16O6/c13-11(17-9-5-15-9)7-3-1-2-4-8(7)12(14)18-10-6-16-10/h7-10H,1-6H2. The van der Waals surface area contributed by atoms with Crippen LogP contribution in [0.25, 0.3) is 0 Å². The summed E-state index contributed by atoms with van der Waals surface area (Å²) in [5, 5.41) is 0.